The first-order valence-corrected chi connectivity index (χ1v) is 6.65. The minimum absolute atomic E-state index is 0.314. The molecule has 0 radical (unpaired) electrons. The molecule has 3 nitrogen and oxygen atoms in total. The van der Waals surface area contributed by atoms with Crippen LogP contribution in [0, 0.1) is 5.41 Å². The number of aliphatic hydroxyl groups is 1. The second-order valence-electron chi connectivity index (χ2n) is 6.71. The summed E-state index contributed by atoms with van der Waals surface area (Å²) in [4.78, 5) is 11.2. The third kappa shape index (κ3) is 1.62. The van der Waals surface area contributed by atoms with Gasteiger partial charge in [-0.05, 0) is 30.1 Å². The predicted molar refractivity (Wildman–Crippen MR) is 72.2 cm³/mol. The maximum atomic E-state index is 10.8. The van der Waals surface area contributed by atoms with Crippen LogP contribution in [0.5, 0.6) is 0 Å². The Morgan fingerprint density at radius 1 is 1.05 bits per heavy atom. The van der Waals surface area contributed by atoms with E-state index in [0.717, 1.165) is 11.1 Å². The van der Waals surface area contributed by atoms with Crippen LogP contribution in [0.2, 0.25) is 0 Å². The molecule has 0 amide bonds. The van der Waals surface area contributed by atoms with Gasteiger partial charge in [-0.2, -0.15) is 0 Å². The highest BCUT2D eigenvalue weighted by molar-refractivity contribution is 5.48. The zero-order valence-electron chi connectivity index (χ0n) is 11.8. The second kappa shape index (κ2) is 3.69. The molecule has 0 aromatic heterocycles. The zero-order chi connectivity index (χ0) is 13.9. The van der Waals surface area contributed by atoms with E-state index in [0.29, 0.717) is 0 Å². The van der Waals surface area contributed by atoms with Crippen LogP contribution in [-0.4, -0.2) is 11.2 Å². The lowest BCUT2D eigenvalue weighted by molar-refractivity contribution is -0.436. The molecule has 0 saturated heterocycles. The van der Waals surface area contributed by atoms with Gasteiger partial charge < -0.3 is 5.11 Å². The van der Waals surface area contributed by atoms with Crippen molar-refractivity contribution in [3.8, 4) is 0 Å². The highest BCUT2D eigenvalue weighted by Crippen LogP contribution is 2.52. The van der Waals surface area contributed by atoms with E-state index in [2.05, 4.69) is 0 Å². The van der Waals surface area contributed by atoms with Crippen molar-refractivity contribution >= 4 is 0 Å². The summed E-state index contributed by atoms with van der Waals surface area (Å²) in [5, 5.41) is 10.8. The number of fused-ring (bicyclic) bond motifs is 1. The summed E-state index contributed by atoms with van der Waals surface area (Å²) in [6.07, 6.45) is 3.23. The van der Waals surface area contributed by atoms with Crippen LogP contribution in [0.3, 0.4) is 0 Å². The van der Waals surface area contributed by atoms with Crippen LogP contribution in [0.4, 0.5) is 0 Å². The Balaban J connectivity index is 2.21. The molecule has 3 aliphatic rings. The van der Waals surface area contributed by atoms with Crippen molar-refractivity contribution in [1.29, 1.82) is 0 Å². The summed E-state index contributed by atoms with van der Waals surface area (Å²) in [6, 6.07) is 8.00. The molecule has 1 aromatic carbocycles. The number of benzene rings is 1. The van der Waals surface area contributed by atoms with Crippen LogP contribution in [0.15, 0.2) is 36.4 Å². The molecule has 3 atom stereocenters. The minimum atomic E-state index is -0.910. The SMILES string of the molecule is CC(C)(C)[C@@H](O)[C@]12C=C[C@](C)(OO1)c1ccccc12. The van der Waals surface area contributed by atoms with Crippen LogP contribution < -0.4 is 0 Å². The first kappa shape index (κ1) is 12.9. The molecular weight excluding hydrogens is 240 g/mol. The fourth-order valence-corrected chi connectivity index (χ4v) is 2.95. The van der Waals surface area contributed by atoms with E-state index in [1.165, 1.54) is 0 Å². The molecule has 0 spiro atoms. The van der Waals surface area contributed by atoms with E-state index >= 15 is 0 Å². The summed E-state index contributed by atoms with van der Waals surface area (Å²) in [7, 11) is 0. The topological polar surface area (TPSA) is 38.7 Å². The molecule has 1 aliphatic carbocycles. The van der Waals surface area contributed by atoms with Crippen molar-refractivity contribution in [1.82, 2.24) is 0 Å². The van der Waals surface area contributed by atoms with Crippen LogP contribution in [-0.2, 0) is 21.0 Å². The van der Waals surface area contributed by atoms with Gasteiger partial charge in [0.1, 0.15) is 5.60 Å². The minimum Gasteiger partial charge on any atom is -0.389 e. The van der Waals surface area contributed by atoms with Crippen LogP contribution >= 0.6 is 0 Å². The van der Waals surface area contributed by atoms with Gasteiger partial charge in [-0.15, -0.1) is 0 Å². The maximum absolute atomic E-state index is 10.8. The van der Waals surface area contributed by atoms with E-state index in [1.807, 2.05) is 64.1 Å². The Morgan fingerprint density at radius 2 is 1.68 bits per heavy atom. The summed E-state index contributed by atoms with van der Waals surface area (Å²) in [6.45, 7) is 7.95. The van der Waals surface area contributed by atoms with Gasteiger partial charge in [-0.3, -0.25) is 0 Å². The normalized spacial score (nSPS) is 34.2. The second-order valence-corrected chi connectivity index (χ2v) is 6.71. The molecule has 0 unspecified atom stereocenters. The van der Waals surface area contributed by atoms with E-state index in [4.69, 9.17) is 9.78 Å². The molecule has 19 heavy (non-hydrogen) atoms. The molecule has 4 rings (SSSR count). The van der Waals surface area contributed by atoms with Gasteiger partial charge in [0, 0.05) is 5.56 Å². The van der Waals surface area contributed by atoms with E-state index in [-0.39, 0.29) is 5.41 Å². The van der Waals surface area contributed by atoms with Crippen LogP contribution in [0.25, 0.3) is 0 Å². The molecule has 2 aliphatic heterocycles. The van der Waals surface area contributed by atoms with Crippen molar-refractivity contribution < 1.29 is 14.9 Å². The Hall–Kier alpha value is -1.16. The van der Waals surface area contributed by atoms with E-state index in [1.54, 1.807) is 0 Å². The van der Waals surface area contributed by atoms with Crippen molar-refractivity contribution in [3.05, 3.63) is 47.5 Å². The molecule has 0 saturated carbocycles. The fourth-order valence-electron chi connectivity index (χ4n) is 2.95. The third-order valence-corrected chi connectivity index (χ3v) is 4.11. The molecule has 2 heterocycles. The molecule has 1 N–H and O–H groups in total. The standard InChI is InChI=1S/C16H20O3/c1-14(2,3)13(17)16-10-9-15(4,18-19-16)11-7-5-6-8-12(11)16/h5-10,13,17H,1-4H3/t13-,15+,16-/m1/s1. The average Bonchev–Trinajstić information content (AvgIpc) is 2.38. The van der Waals surface area contributed by atoms with Crippen molar-refractivity contribution in [2.24, 2.45) is 5.41 Å². The first-order chi connectivity index (χ1) is 8.80. The largest absolute Gasteiger partial charge is 0.389 e. The quantitative estimate of drug-likeness (QED) is 0.623. The van der Waals surface area contributed by atoms with Gasteiger partial charge in [0.15, 0.2) is 5.60 Å². The van der Waals surface area contributed by atoms with Gasteiger partial charge in [0.05, 0.1) is 6.10 Å². The lowest BCUT2D eigenvalue weighted by Gasteiger charge is -2.51. The average molecular weight is 260 g/mol. The highest BCUT2D eigenvalue weighted by Gasteiger charge is 2.56. The monoisotopic (exact) mass is 260 g/mol. The van der Waals surface area contributed by atoms with Gasteiger partial charge in [0.2, 0.25) is 0 Å². The van der Waals surface area contributed by atoms with Gasteiger partial charge in [-0.1, -0.05) is 45.0 Å². The fraction of sp³-hybridized carbons (Fsp3) is 0.500. The van der Waals surface area contributed by atoms with E-state index < -0.39 is 17.3 Å². The summed E-state index contributed by atoms with van der Waals surface area (Å²) < 4.78 is 0. The van der Waals surface area contributed by atoms with Gasteiger partial charge in [-0.25, -0.2) is 9.78 Å². The molecule has 102 valence electrons. The number of rotatable bonds is 1. The Morgan fingerprint density at radius 3 is 2.21 bits per heavy atom. The summed E-state index contributed by atoms with van der Waals surface area (Å²) in [5.41, 5.74) is 0.273. The van der Waals surface area contributed by atoms with Crippen LogP contribution in [0.1, 0.15) is 38.8 Å². The smallest absolute Gasteiger partial charge is 0.173 e. The molecule has 2 bridgehead atoms. The van der Waals surface area contributed by atoms with Gasteiger partial charge >= 0.3 is 0 Å². The molecule has 1 aromatic rings. The lowest BCUT2D eigenvalue weighted by atomic mass is 9.68. The Kier molecular flexibility index (Phi) is 2.50. The van der Waals surface area contributed by atoms with Crippen molar-refractivity contribution in [3.63, 3.8) is 0 Å². The molecular formula is C16H20O3. The number of hydrogen-bond donors (Lipinski definition) is 1. The molecule has 3 heteroatoms. The van der Waals surface area contributed by atoms with E-state index in [9.17, 15) is 5.11 Å². The third-order valence-electron chi connectivity index (χ3n) is 4.11. The van der Waals surface area contributed by atoms with Gasteiger partial charge in [0.25, 0.3) is 0 Å². The zero-order valence-corrected chi connectivity index (χ0v) is 11.8. The molecule has 0 fully saturated rings. The Bertz CT molecular complexity index is 543. The number of aliphatic hydroxyl groups excluding tert-OH is 1. The van der Waals surface area contributed by atoms with Crippen molar-refractivity contribution in [2.45, 2.75) is 45.0 Å². The summed E-state index contributed by atoms with van der Waals surface area (Å²) >= 11 is 0. The first-order valence-electron chi connectivity index (χ1n) is 6.65. The number of hydrogen-bond acceptors (Lipinski definition) is 3. The summed E-state index contributed by atoms with van der Waals surface area (Å²) in [5.74, 6) is 0. The highest BCUT2D eigenvalue weighted by atomic mass is 17.2. The van der Waals surface area contributed by atoms with Crippen molar-refractivity contribution in [2.75, 3.05) is 0 Å². The predicted octanol–water partition coefficient (Wildman–Crippen LogP) is 3.04. The lowest BCUT2D eigenvalue weighted by Crippen LogP contribution is -2.55. The Labute approximate surface area is 113 Å². The maximum Gasteiger partial charge on any atom is 0.173 e.